The van der Waals surface area contributed by atoms with Crippen LogP contribution in [0.4, 0.5) is 0 Å². The Labute approximate surface area is 76.6 Å². The topological polar surface area (TPSA) is 17.1 Å². The molecule has 0 saturated carbocycles. The van der Waals surface area contributed by atoms with E-state index in [9.17, 15) is 4.79 Å². The molecule has 12 heavy (non-hydrogen) atoms. The molecule has 1 heteroatoms. The molecule has 0 aromatic rings. The molecule has 0 aliphatic carbocycles. The zero-order valence-corrected chi connectivity index (χ0v) is 8.68. The van der Waals surface area contributed by atoms with Crippen LogP contribution in [-0.2, 0) is 4.79 Å². The van der Waals surface area contributed by atoms with Crippen LogP contribution in [0.1, 0.15) is 52.9 Å². The number of hydrogen-bond acceptors (Lipinski definition) is 1. The predicted octanol–water partition coefficient (Wildman–Crippen LogP) is 3.43. The number of carbonyl (C=O) groups excluding carboxylic acids is 1. The van der Waals surface area contributed by atoms with Crippen LogP contribution in [0.25, 0.3) is 0 Å². The molecule has 0 N–H and O–H groups in total. The number of carbonyl (C=O) groups is 1. The second-order valence-corrected chi connectivity index (χ2v) is 4.01. The van der Waals surface area contributed by atoms with Gasteiger partial charge in [-0.2, -0.15) is 0 Å². The van der Waals surface area contributed by atoms with E-state index in [1.54, 1.807) is 0 Å². The maximum absolute atomic E-state index is 10.6. The number of unbranched alkanes of at least 4 members (excludes halogenated alkanes) is 1. The largest absolute Gasteiger partial charge is 0.303 e. The summed E-state index contributed by atoms with van der Waals surface area (Å²) >= 11 is 0. The minimum absolute atomic E-state index is 0.326. The van der Waals surface area contributed by atoms with Crippen LogP contribution in [0, 0.1) is 11.8 Å². The van der Waals surface area contributed by atoms with Crippen molar-refractivity contribution in [1.29, 1.82) is 0 Å². The molecule has 72 valence electrons. The van der Waals surface area contributed by atoms with Gasteiger partial charge in [-0.15, -0.1) is 0 Å². The quantitative estimate of drug-likeness (QED) is 0.535. The summed E-state index contributed by atoms with van der Waals surface area (Å²) in [4.78, 5) is 10.6. The molecule has 0 aliphatic heterocycles. The van der Waals surface area contributed by atoms with E-state index >= 15 is 0 Å². The molecule has 0 spiro atoms. The van der Waals surface area contributed by atoms with Crippen LogP contribution < -0.4 is 0 Å². The molecule has 1 unspecified atom stereocenters. The molecule has 0 heterocycles. The highest BCUT2D eigenvalue weighted by molar-refractivity contribution is 5.53. The van der Waals surface area contributed by atoms with E-state index in [4.69, 9.17) is 0 Å². The molecular weight excluding hydrogens is 148 g/mol. The second-order valence-electron chi connectivity index (χ2n) is 4.01. The highest BCUT2D eigenvalue weighted by Crippen LogP contribution is 2.15. The van der Waals surface area contributed by atoms with Crippen molar-refractivity contribution in [2.75, 3.05) is 0 Å². The van der Waals surface area contributed by atoms with Gasteiger partial charge in [0.15, 0.2) is 0 Å². The Bertz CT molecular complexity index is 108. The summed E-state index contributed by atoms with van der Waals surface area (Å²) in [5.41, 5.74) is 0. The molecule has 0 bridgehead atoms. The summed E-state index contributed by atoms with van der Waals surface area (Å²) in [5, 5.41) is 0. The van der Waals surface area contributed by atoms with E-state index in [1.165, 1.54) is 19.3 Å². The Morgan fingerprint density at radius 2 is 1.83 bits per heavy atom. The van der Waals surface area contributed by atoms with E-state index in [0.717, 1.165) is 25.0 Å². The van der Waals surface area contributed by atoms with Gasteiger partial charge in [0.05, 0.1) is 0 Å². The van der Waals surface area contributed by atoms with Crippen molar-refractivity contribution in [3.8, 4) is 0 Å². The Morgan fingerprint density at radius 3 is 2.25 bits per heavy atom. The van der Waals surface area contributed by atoms with Crippen LogP contribution in [-0.4, -0.2) is 6.29 Å². The summed E-state index contributed by atoms with van der Waals surface area (Å²) in [5.74, 6) is 1.06. The SMILES string of the molecule is CCCCC(C=O)CCC(C)C. The van der Waals surface area contributed by atoms with Crippen LogP contribution in [0.2, 0.25) is 0 Å². The molecule has 0 aromatic carbocycles. The third-order valence-electron chi connectivity index (χ3n) is 2.24. The summed E-state index contributed by atoms with van der Waals surface area (Å²) in [7, 11) is 0. The second kappa shape index (κ2) is 7.33. The Balaban J connectivity index is 3.46. The minimum Gasteiger partial charge on any atom is -0.303 e. The van der Waals surface area contributed by atoms with Gasteiger partial charge >= 0.3 is 0 Å². The van der Waals surface area contributed by atoms with Gasteiger partial charge in [-0.1, -0.05) is 40.0 Å². The summed E-state index contributed by atoms with van der Waals surface area (Å²) in [6.07, 6.45) is 6.90. The molecule has 1 atom stereocenters. The third kappa shape index (κ3) is 6.38. The molecular formula is C11H22O. The van der Waals surface area contributed by atoms with Crippen molar-refractivity contribution in [2.45, 2.75) is 52.9 Å². The summed E-state index contributed by atoms with van der Waals surface area (Å²) in [6.45, 7) is 6.59. The Kier molecular flexibility index (Phi) is 7.12. The molecule has 0 radical (unpaired) electrons. The number of rotatable bonds is 7. The average molecular weight is 170 g/mol. The monoisotopic (exact) mass is 170 g/mol. The molecule has 0 aliphatic rings. The fraction of sp³-hybridized carbons (Fsp3) is 0.909. The van der Waals surface area contributed by atoms with Crippen LogP contribution >= 0.6 is 0 Å². The number of aldehydes is 1. The molecule has 1 nitrogen and oxygen atoms in total. The van der Waals surface area contributed by atoms with Gasteiger partial charge in [0.2, 0.25) is 0 Å². The summed E-state index contributed by atoms with van der Waals surface area (Å²) < 4.78 is 0. The zero-order chi connectivity index (χ0) is 9.40. The number of hydrogen-bond donors (Lipinski definition) is 0. The molecule has 0 aromatic heterocycles. The molecule has 0 rings (SSSR count). The van der Waals surface area contributed by atoms with Gasteiger partial charge in [-0.05, 0) is 18.8 Å². The Hall–Kier alpha value is -0.330. The lowest BCUT2D eigenvalue weighted by atomic mass is 9.95. The molecule has 0 amide bonds. The first-order valence-electron chi connectivity index (χ1n) is 5.16. The fourth-order valence-corrected chi connectivity index (χ4v) is 1.29. The van der Waals surface area contributed by atoms with E-state index in [-0.39, 0.29) is 0 Å². The van der Waals surface area contributed by atoms with Gasteiger partial charge in [0.1, 0.15) is 6.29 Å². The van der Waals surface area contributed by atoms with Crippen molar-refractivity contribution in [1.82, 2.24) is 0 Å². The molecule has 0 fully saturated rings. The first-order valence-corrected chi connectivity index (χ1v) is 5.16. The molecule has 0 saturated heterocycles. The minimum atomic E-state index is 0.326. The van der Waals surface area contributed by atoms with E-state index < -0.39 is 0 Å². The normalized spacial score (nSPS) is 13.3. The lowest BCUT2D eigenvalue weighted by molar-refractivity contribution is -0.111. The smallest absolute Gasteiger partial charge is 0.123 e. The van der Waals surface area contributed by atoms with Gasteiger partial charge in [-0.3, -0.25) is 0 Å². The standard InChI is InChI=1S/C11H22O/c1-4-5-6-11(9-12)8-7-10(2)3/h9-11H,4-8H2,1-3H3. The van der Waals surface area contributed by atoms with Crippen LogP contribution in [0.5, 0.6) is 0 Å². The van der Waals surface area contributed by atoms with Crippen molar-refractivity contribution in [3.63, 3.8) is 0 Å². The van der Waals surface area contributed by atoms with Crippen molar-refractivity contribution in [3.05, 3.63) is 0 Å². The van der Waals surface area contributed by atoms with Crippen LogP contribution in [0.15, 0.2) is 0 Å². The van der Waals surface area contributed by atoms with Gasteiger partial charge in [-0.25, -0.2) is 0 Å². The average Bonchev–Trinajstić information content (AvgIpc) is 2.05. The zero-order valence-electron chi connectivity index (χ0n) is 8.68. The highest BCUT2D eigenvalue weighted by Gasteiger charge is 2.06. The lowest BCUT2D eigenvalue weighted by Crippen LogP contribution is -2.03. The maximum Gasteiger partial charge on any atom is 0.123 e. The van der Waals surface area contributed by atoms with E-state index in [2.05, 4.69) is 20.8 Å². The van der Waals surface area contributed by atoms with Crippen molar-refractivity contribution < 1.29 is 4.79 Å². The van der Waals surface area contributed by atoms with Gasteiger partial charge in [0.25, 0.3) is 0 Å². The van der Waals surface area contributed by atoms with Crippen LogP contribution in [0.3, 0.4) is 0 Å². The summed E-state index contributed by atoms with van der Waals surface area (Å²) in [6, 6.07) is 0. The van der Waals surface area contributed by atoms with E-state index in [0.29, 0.717) is 5.92 Å². The van der Waals surface area contributed by atoms with Gasteiger partial charge in [0, 0.05) is 5.92 Å². The fourth-order valence-electron chi connectivity index (χ4n) is 1.29. The lowest BCUT2D eigenvalue weighted by Gasteiger charge is -2.10. The van der Waals surface area contributed by atoms with Crippen molar-refractivity contribution in [2.24, 2.45) is 11.8 Å². The first-order chi connectivity index (χ1) is 5.70. The van der Waals surface area contributed by atoms with E-state index in [1.807, 2.05) is 0 Å². The van der Waals surface area contributed by atoms with Crippen molar-refractivity contribution >= 4 is 6.29 Å². The third-order valence-corrected chi connectivity index (χ3v) is 2.24. The predicted molar refractivity (Wildman–Crippen MR) is 53.2 cm³/mol. The Morgan fingerprint density at radius 1 is 1.17 bits per heavy atom. The first kappa shape index (κ1) is 11.7. The highest BCUT2D eigenvalue weighted by atomic mass is 16.1. The van der Waals surface area contributed by atoms with Gasteiger partial charge < -0.3 is 4.79 Å². The maximum atomic E-state index is 10.6.